The molecule has 3 aliphatic rings. The molecule has 2 amide bonds. The van der Waals surface area contributed by atoms with E-state index in [0.717, 1.165) is 32.4 Å². The van der Waals surface area contributed by atoms with E-state index in [4.69, 9.17) is 9.15 Å². The van der Waals surface area contributed by atoms with Crippen LogP contribution in [0.25, 0.3) is 0 Å². The molecule has 11 nitrogen and oxygen atoms in total. The average molecular weight is 510 g/mol. The molecule has 37 heavy (non-hydrogen) atoms. The molecule has 1 atom stereocenters. The van der Waals surface area contributed by atoms with Gasteiger partial charge in [-0.15, -0.1) is 0 Å². The minimum Gasteiger partial charge on any atom is -0.467 e. The zero-order valence-electron chi connectivity index (χ0n) is 20.7. The zero-order chi connectivity index (χ0) is 25.8. The Kier molecular flexibility index (Phi) is 7.61. The topological polar surface area (TPSA) is 122 Å². The summed E-state index contributed by atoms with van der Waals surface area (Å²) in [5.41, 5.74) is 1.32. The number of nitro benzene ring substituents is 1. The van der Waals surface area contributed by atoms with Gasteiger partial charge in [-0.3, -0.25) is 24.6 Å². The first-order valence-electron chi connectivity index (χ1n) is 12.8. The zero-order valence-corrected chi connectivity index (χ0v) is 20.7. The van der Waals surface area contributed by atoms with Crippen molar-refractivity contribution in [2.24, 2.45) is 11.0 Å². The van der Waals surface area contributed by atoms with Crippen molar-refractivity contribution in [3.05, 3.63) is 64.1 Å². The highest BCUT2D eigenvalue weighted by Crippen LogP contribution is 2.34. The van der Waals surface area contributed by atoms with Gasteiger partial charge >= 0.3 is 0 Å². The fourth-order valence-electron chi connectivity index (χ4n) is 4.90. The maximum atomic E-state index is 13.6. The summed E-state index contributed by atoms with van der Waals surface area (Å²) in [7, 11) is 0. The molecule has 0 N–H and O–H groups in total. The molecule has 3 heterocycles. The fraction of sp³-hybridized carbons (Fsp3) is 0.500. The lowest BCUT2D eigenvalue weighted by Gasteiger charge is -2.34. The number of hydrogen-bond donors (Lipinski definition) is 0. The lowest BCUT2D eigenvalue weighted by molar-refractivity contribution is -0.384. The highest BCUT2D eigenvalue weighted by atomic mass is 16.6. The van der Waals surface area contributed by atoms with E-state index in [1.807, 2.05) is 0 Å². The van der Waals surface area contributed by atoms with Gasteiger partial charge in [0.05, 0.1) is 30.1 Å². The molecule has 0 bridgehead atoms. The van der Waals surface area contributed by atoms with Crippen LogP contribution < -0.4 is 0 Å². The number of carbonyl (C=O) groups excluding carboxylic acids is 2. The SMILES string of the molecule is O=C(C1CCC1)N(CCN1CCOCC1)CC(=O)N1N=C(c2ccc([N+](=O)[O-])cc2)C[C@H]1c1ccco1. The van der Waals surface area contributed by atoms with Gasteiger partial charge in [0.1, 0.15) is 18.3 Å². The van der Waals surface area contributed by atoms with Crippen LogP contribution in [0.4, 0.5) is 5.69 Å². The highest BCUT2D eigenvalue weighted by molar-refractivity contribution is 6.03. The molecule has 0 radical (unpaired) electrons. The van der Waals surface area contributed by atoms with E-state index in [1.165, 1.54) is 17.1 Å². The van der Waals surface area contributed by atoms with Crippen LogP contribution in [0.3, 0.4) is 0 Å². The van der Waals surface area contributed by atoms with E-state index < -0.39 is 11.0 Å². The van der Waals surface area contributed by atoms with Crippen molar-refractivity contribution >= 4 is 23.2 Å². The molecule has 2 aromatic rings. The monoisotopic (exact) mass is 509 g/mol. The van der Waals surface area contributed by atoms with E-state index >= 15 is 0 Å². The minimum absolute atomic E-state index is 0.0109. The molecule has 11 heteroatoms. The van der Waals surface area contributed by atoms with E-state index in [9.17, 15) is 19.7 Å². The van der Waals surface area contributed by atoms with E-state index in [-0.39, 0.29) is 30.0 Å². The smallest absolute Gasteiger partial charge is 0.269 e. The summed E-state index contributed by atoms with van der Waals surface area (Å²) in [4.78, 5) is 41.4. The number of rotatable bonds is 9. The van der Waals surface area contributed by atoms with E-state index in [2.05, 4.69) is 10.0 Å². The molecule has 1 aromatic carbocycles. The Morgan fingerprint density at radius 3 is 2.51 bits per heavy atom. The van der Waals surface area contributed by atoms with Crippen LogP contribution in [0.1, 0.15) is 43.0 Å². The van der Waals surface area contributed by atoms with Gasteiger partial charge in [-0.2, -0.15) is 5.10 Å². The molecule has 0 spiro atoms. The predicted octanol–water partition coefficient (Wildman–Crippen LogP) is 2.83. The average Bonchev–Trinajstić information content (AvgIpc) is 3.56. The largest absolute Gasteiger partial charge is 0.467 e. The van der Waals surface area contributed by atoms with Crippen LogP contribution in [0.5, 0.6) is 0 Å². The van der Waals surface area contributed by atoms with Crippen LogP contribution in [0.2, 0.25) is 0 Å². The van der Waals surface area contributed by atoms with Crippen molar-refractivity contribution in [1.82, 2.24) is 14.8 Å². The summed E-state index contributed by atoms with van der Waals surface area (Å²) < 4.78 is 11.0. The Morgan fingerprint density at radius 1 is 1.14 bits per heavy atom. The Labute approximate surface area is 214 Å². The molecule has 2 fully saturated rings. The number of nitrogens with zero attached hydrogens (tertiary/aromatic N) is 5. The third kappa shape index (κ3) is 5.72. The lowest BCUT2D eigenvalue weighted by Crippen LogP contribution is -2.49. The van der Waals surface area contributed by atoms with Crippen molar-refractivity contribution in [3.63, 3.8) is 0 Å². The number of carbonyl (C=O) groups is 2. The number of hydrogen-bond acceptors (Lipinski definition) is 8. The molecule has 5 rings (SSSR count). The molecular weight excluding hydrogens is 478 g/mol. The third-order valence-electron chi connectivity index (χ3n) is 7.33. The maximum absolute atomic E-state index is 13.6. The van der Waals surface area contributed by atoms with Gasteiger partial charge in [0.15, 0.2) is 0 Å². The number of non-ortho nitro benzene ring substituents is 1. The highest BCUT2D eigenvalue weighted by Gasteiger charge is 2.37. The Hall–Kier alpha value is -3.57. The van der Waals surface area contributed by atoms with Crippen LogP contribution in [0, 0.1) is 16.0 Å². The van der Waals surface area contributed by atoms with Crippen LogP contribution in [-0.4, -0.2) is 83.2 Å². The number of hydrazone groups is 1. The maximum Gasteiger partial charge on any atom is 0.269 e. The molecular formula is C26H31N5O6. The number of morpholine rings is 1. The molecule has 0 unspecified atom stereocenters. The number of ether oxygens (including phenoxy) is 1. The van der Waals surface area contributed by atoms with Crippen LogP contribution in [-0.2, 0) is 14.3 Å². The van der Waals surface area contributed by atoms with Gasteiger partial charge in [-0.1, -0.05) is 6.42 Å². The van der Waals surface area contributed by atoms with E-state index in [1.54, 1.807) is 35.4 Å². The van der Waals surface area contributed by atoms with Gasteiger partial charge in [0.25, 0.3) is 11.6 Å². The Morgan fingerprint density at radius 2 is 1.89 bits per heavy atom. The number of furan rings is 1. The Bertz CT molecular complexity index is 1140. The molecule has 1 saturated heterocycles. The molecule has 1 aliphatic carbocycles. The predicted molar refractivity (Wildman–Crippen MR) is 134 cm³/mol. The first-order chi connectivity index (χ1) is 18.0. The van der Waals surface area contributed by atoms with Crippen molar-refractivity contribution in [2.45, 2.75) is 31.7 Å². The van der Waals surface area contributed by atoms with Gasteiger partial charge in [-0.05, 0) is 42.7 Å². The molecule has 1 aromatic heterocycles. The van der Waals surface area contributed by atoms with Crippen molar-refractivity contribution in [1.29, 1.82) is 0 Å². The second-order valence-corrected chi connectivity index (χ2v) is 9.67. The number of amides is 2. The standard InChI is InChI=1S/C26H31N5O6/c32-25(18-29(26(33)20-3-1-4-20)11-10-28-12-15-36-16-13-28)30-23(24-5-2-14-37-24)17-22(27-30)19-6-8-21(9-7-19)31(34)35/h2,5-9,14,20,23H,1,3-4,10-13,15-18H2/t23-/m0/s1. The van der Waals surface area contributed by atoms with Crippen LogP contribution in [0.15, 0.2) is 52.2 Å². The number of benzene rings is 1. The van der Waals surface area contributed by atoms with Gasteiger partial charge in [-0.25, -0.2) is 5.01 Å². The van der Waals surface area contributed by atoms with Gasteiger partial charge in [0, 0.05) is 50.7 Å². The quantitative estimate of drug-likeness (QED) is 0.376. The van der Waals surface area contributed by atoms with Crippen molar-refractivity contribution < 1.29 is 23.7 Å². The summed E-state index contributed by atoms with van der Waals surface area (Å²) in [6.07, 6.45) is 4.72. The molecule has 196 valence electrons. The van der Waals surface area contributed by atoms with Gasteiger partial charge in [0.2, 0.25) is 5.91 Å². The van der Waals surface area contributed by atoms with E-state index in [0.29, 0.717) is 49.8 Å². The Balaban J connectivity index is 1.34. The lowest BCUT2D eigenvalue weighted by atomic mass is 9.84. The fourth-order valence-corrected chi connectivity index (χ4v) is 4.90. The van der Waals surface area contributed by atoms with Gasteiger partial charge < -0.3 is 14.1 Å². The summed E-state index contributed by atoms with van der Waals surface area (Å²) in [5.74, 6) is 0.324. The number of nitro groups is 1. The summed E-state index contributed by atoms with van der Waals surface area (Å²) in [6.45, 7) is 4.08. The first-order valence-corrected chi connectivity index (χ1v) is 12.8. The third-order valence-corrected chi connectivity index (χ3v) is 7.33. The summed E-state index contributed by atoms with van der Waals surface area (Å²) >= 11 is 0. The minimum atomic E-state index is -0.452. The second-order valence-electron chi connectivity index (χ2n) is 9.67. The second kappa shape index (κ2) is 11.2. The molecule has 1 saturated carbocycles. The van der Waals surface area contributed by atoms with Crippen molar-refractivity contribution in [2.75, 3.05) is 45.9 Å². The molecule has 2 aliphatic heterocycles. The first kappa shape index (κ1) is 25.1. The van der Waals surface area contributed by atoms with Crippen molar-refractivity contribution in [3.8, 4) is 0 Å². The summed E-state index contributed by atoms with van der Waals surface area (Å²) in [5, 5.41) is 17.1. The summed E-state index contributed by atoms with van der Waals surface area (Å²) in [6, 6.07) is 9.24. The normalized spacial score (nSPS) is 20.4. The van der Waals surface area contributed by atoms with Crippen LogP contribution >= 0.6 is 0 Å².